The second-order valence-corrected chi connectivity index (χ2v) is 5.59. The molecule has 0 radical (unpaired) electrons. The van der Waals surface area contributed by atoms with Gasteiger partial charge >= 0.3 is 6.03 Å². The van der Waals surface area contributed by atoms with Gasteiger partial charge in [0.1, 0.15) is 0 Å². The maximum absolute atomic E-state index is 11.9. The summed E-state index contributed by atoms with van der Waals surface area (Å²) in [6, 6.07) is 0.0184. The zero-order valence-corrected chi connectivity index (χ0v) is 12.6. The summed E-state index contributed by atoms with van der Waals surface area (Å²) >= 11 is 0. The summed E-state index contributed by atoms with van der Waals surface area (Å²) in [6.07, 6.45) is 10.5. The van der Waals surface area contributed by atoms with Gasteiger partial charge in [0.15, 0.2) is 0 Å². The number of aromatic nitrogens is 2. The zero-order valence-electron chi connectivity index (χ0n) is 12.6. The predicted octanol–water partition coefficient (Wildman–Crippen LogP) is 1.12. The number of hydrogen-bond acceptors (Lipinski definition) is 5. The highest BCUT2D eigenvalue weighted by atomic mass is 16.2. The molecule has 2 amide bonds. The molecule has 118 valence electrons. The van der Waals surface area contributed by atoms with Gasteiger partial charge in [0.05, 0.1) is 18.1 Å². The van der Waals surface area contributed by atoms with Crippen LogP contribution in [0.15, 0.2) is 24.5 Å². The maximum atomic E-state index is 11.9. The van der Waals surface area contributed by atoms with Crippen LogP contribution in [-0.4, -0.2) is 48.2 Å². The van der Waals surface area contributed by atoms with Gasteiger partial charge in [0.25, 0.3) is 0 Å². The van der Waals surface area contributed by atoms with Crippen molar-refractivity contribution in [2.75, 3.05) is 36.4 Å². The van der Waals surface area contributed by atoms with Crippen molar-refractivity contribution < 1.29 is 4.79 Å². The molecule has 1 fully saturated rings. The summed E-state index contributed by atoms with van der Waals surface area (Å²) in [7, 11) is 0. The molecule has 0 bridgehead atoms. The summed E-state index contributed by atoms with van der Waals surface area (Å²) in [5.74, 6) is 0.713. The Hall–Kier alpha value is -2.15. The summed E-state index contributed by atoms with van der Waals surface area (Å²) in [5, 5.41) is 9.05. The van der Waals surface area contributed by atoms with Gasteiger partial charge in [-0.1, -0.05) is 12.2 Å². The zero-order chi connectivity index (χ0) is 15.2. The Morgan fingerprint density at radius 3 is 2.68 bits per heavy atom. The largest absolute Gasteiger partial charge is 0.338 e. The average molecular weight is 302 g/mol. The molecule has 7 heteroatoms. The van der Waals surface area contributed by atoms with Gasteiger partial charge in [-0.3, -0.25) is 0 Å². The van der Waals surface area contributed by atoms with Crippen molar-refractivity contribution in [1.82, 2.24) is 20.6 Å². The van der Waals surface area contributed by atoms with E-state index in [0.717, 1.165) is 45.4 Å². The number of carbonyl (C=O) groups excluding carboxylic acids is 1. The van der Waals surface area contributed by atoms with Gasteiger partial charge in [-0.15, -0.1) is 0 Å². The van der Waals surface area contributed by atoms with Gasteiger partial charge in [-0.2, -0.15) is 0 Å². The van der Waals surface area contributed by atoms with Crippen LogP contribution in [0.3, 0.4) is 0 Å². The second-order valence-electron chi connectivity index (χ2n) is 5.59. The van der Waals surface area contributed by atoms with Gasteiger partial charge < -0.3 is 20.9 Å². The first-order valence-corrected chi connectivity index (χ1v) is 7.81. The fourth-order valence-corrected chi connectivity index (χ4v) is 2.69. The van der Waals surface area contributed by atoms with E-state index in [1.54, 1.807) is 12.4 Å². The molecule has 0 aromatic carbocycles. The molecular formula is C15H22N6O. The smallest absolute Gasteiger partial charge is 0.319 e. The Morgan fingerprint density at radius 2 is 2.00 bits per heavy atom. The number of allylic oxidation sites excluding steroid dienone is 1. The van der Waals surface area contributed by atoms with Crippen LogP contribution in [0, 0.1) is 0 Å². The molecule has 0 spiro atoms. The minimum Gasteiger partial charge on any atom is -0.338 e. The van der Waals surface area contributed by atoms with E-state index >= 15 is 0 Å². The van der Waals surface area contributed by atoms with Gasteiger partial charge in [0.2, 0.25) is 5.95 Å². The van der Waals surface area contributed by atoms with Crippen molar-refractivity contribution >= 4 is 17.7 Å². The lowest BCUT2D eigenvalue weighted by Gasteiger charge is -2.27. The van der Waals surface area contributed by atoms with Crippen LogP contribution >= 0.6 is 0 Å². The van der Waals surface area contributed by atoms with E-state index in [0.29, 0.717) is 11.6 Å². The number of nitrogens with one attached hydrogen (secondary N) is 3. The van der Waals surface area contributed by atoms with Gasteiger partial charge in [-0.05, 0) is 19.3 Å². The van der Waals surface area contributed by atoms with Crippen LogP contribution in [0.1, 0.15) is 19.3 Å². The van der Waals surface area contributed by atoms with Crippen LogP contribution < -0.4 is 20.9 Å². The summed E-state index contributed by atoms with van der Waals surface area (Å²) < 4.78 is 0. The Kier molecular flexibility index (Phi) is 4.85. The van der Waals surface area contributed by atoms with E-state index in [-0.39, 0.29) is 12.1 Å². The van der Waals surface area contributed by atoms with Crippen LogP contribution in [0.4, 0.5) is 16.4 Å². The van der Waals surface area contributed by atoms with Gasteiger partial charge in [0, 0.05) is 32.2 Å². The maximum Gasteiger partial charge on any atom is 0.319 e. The topological polar surface area (TPSA) is 82.2 Å². The van der Waals surface area contributed by atoms with Crippen LogP contribution in [0.25, 0.3) is 0 Å². The molecule has 22 heavy (non-hydrogen) atoms. The SMILES string of the molecule is O=C(Nc1cnc(N2CCNCC2)nc1)NC1CC=CCC1. The molecule has 2 aliphatic rings. The minimum atomic E-state index is -0.196. The molecule has 3 rings (SSSR count). The van der Waals surface area contributed by atoms with Crippen LogP contribution in [-0.2, 0) is 0 Å². The normalized spacial score (nSPS) is 21.5. The molecule has 1 unspecified atom stereocenters. The number of carbonyl (C=O) groups is 1. The number of urea groups is 1. The Bertz CT molecular complexity index is 523. The predicted molar refractivity (Wildman–Crippen MR) is 86.0 cm³/mol. The molecule has 1 atom stereocenters. The van der Waals surface area contributed by atoms with Crippen molar-refractivity contribution in [1.29, 1.82) is 0 Å². The standard InChI is InChI=1S/C15H22N6O/c22-15(19-12-4-2-1-3-5-12)20-13-10-17-14(18-11-13)21-8-6-16-7-9-21/h1-2,10-12,16H,3-9H2,(H2,19,20,22). The van der Waals surface area contributed by atoms with E-state index in [9.17, 15) is 4.79 Å². The first-order valence-electron chi connectivity index (χ1n) is 7.81. The molecule has 0 saturated carbocycles. The lowest BCUT2D eigenvalue weighted by atomic mass is 10.0. The van der Waals surface area contributed by atoms with Crippen molar-refractivity contribution in [3.05, 3.63) is 24.5 Å². The Morgan fingerprint density at radius 1 is 1.23 bits per heavy atom. The highest BCUT2D eigenvalue weighted by Crippen LogP contribution is 2.12. The molecule has 1 aliphatic carbocycles. The van der Waals surface area contributed by atoms with E-state index in [1.165, 1.54) is 0 Å². The van der Waals surface area contributed by atoms with E-state index in [4.69, 9.17) is 0 Å². The minimum absolute atomic E-state index is 0.196. The third-order valence-electron chi connectivity index (χ3n) is 3.90. The van der Waals surface area contributed by atoms with Crippen molar-refractivity contribution in [3.63, 3.8) is 0 Å². The quantitative estimate of drug-likeness (QED) is 0.729. The number of nitrogens with zero attached hydrogens (tertiary/aromatic N) is 3. The van der Waals surface area contributed by atoms with Gasteiger partial charge in [-0.25, -0.2) is 14.8 Å². The second kappa shape index (κ2) is 7.22. The lowest BCUT2D eigenvalue weighted by molar-refractivity contribution is 0.247. The number of rotatable bonds is 3. The fourth-order valence-electron chi connectivity index (χ4n) is 2.69. The number of anilines is 2. The fraction of sp³-hybridized carbons (Fsp3) is 0.533. The summed E-state index contributed by atoms with van der Waals surface area (Å²) in [4.78, 5) is 22.8. The number of amides is 2. The van der Waals surface area contributed by atoms with E-state index in [2.05, 4.69) is 43.0 Å². The number of piperazine rings is 1. The van der Waals surface area contributed by atoms with Crippen molar-refractivity contribution in [2.24, 2.45) is 0 Å². The average Bonchev–Trinajstić information content (AvgIpc) is 2.57. The van der Waals surface area contributed by atoms with Crippen molar-refractivity contribution in [2.45, 2.75) is 25.3 Å². The first kappa shape index (κ1) is 14.8. The molecule has 1 saturated heterocycles. The number of hydrogen-bond donors (Lipinski definition) is 3. The van der Waals surface area contributed by atoms with E-state index in [1.807, 2.05) is 0 Å². The van der Waals surface area contributed by atoms with Crippen LogP contribution in [0.2, 0.25) is 0 Å². The third-order valence-corrected chi connectivity index (χ3v) is 3.90. The summed E-state index contributed by atoms with van der Waals surface area (Å²) in [6.45, 7) is 3.70. The molecule has 1 aliphatic heterocycles. The molecule has 7 nitrogen and oxygen atoms in total. The Labute approximate surface area is 130 Å². The highest BCUT2D eigenvalue weighted by molar-refractivity contribution is 5.89. The molecule has 1 aromatic rings. The highest BCUT2D eigenvalue weighted by Gasteiger charge is 2.14. The third kappa shape index (κ3) is 3.94. The molecular weight excluding hydrogens is 280 g/mol. The molecule has 1 aromatic heterocycles. The Balaban J connectivity index is 1.51. The first-order chi connectivity index (χ1) is 10.8. The van der Waals surface area contributed by atoms with Crippen molar-refractivity contribution in [3.8, 4) is 0 Å². The van der Waals surface area contributed by atoms with Crippen LogP contribution in [0.5, 0.6) is 0 Å². The van der Waals surface area contributed by atoms with E-state index < -0.39 is 0 Å². The summed E-state index contributed by atoms with van der Waals surface area (Å²) in [5.41, 5.74) is 0.614. The molecule has 3 N–H and O–H groups in total. The lowest BCUT2D eigenvalue weighted by Crippen LogP contribution is -2.44. The molecule has 2 heterocycles. The monoisotopic (exact) mass is 302 g/mol.